The van der Waals surface area contributed by atoms with Crippen molar-refractivity contribution in [3.05, 3.63) is 76.1 Å². The number of Topliss-reactive ketones (excluding diaryl/α,β-unsaturated/α-hetero) is 1. The summed E-state index contributed by atoms with van der Waals surface area (Å²) in [5, 5.41) is 1.16. The van der Waals surface area contributed by atoms with E-state index in [1.165, 1.54) is 0 Å². The third-order valence-corrected chi connectivity index (χ3v) is 10.7. The number of fused-ring (bicyclic) bond motifs is 7. The normalized spacial score (nSPS) is 19.1. The van der Waals surface area contributed by atoms with Crippen molar-refractivity contribution >= 4 is 36.2 Å². The number of carbonyl (C=O) groups is 2. The molecule has 2 unspecified atom stereocenters. The largest absolute Gasteiger partial charge is 0.493 e. The topological polar surface area (TPSA) is 65.1 Å². The van der Waals surface area contributed by atoms with Crippen molar-refractivity contribution in [3.8, 4) is 22.6 Å². The van der Waals surface area contributed by atoms with Crippen molar-refractivity contribution < 1.29 is 23.8 Å². The predicted octanol–water partition coefficient (Wildman–Crippen LogP) is 6.61. The highest BCUT2D eigenvalue weighted by Gasteiger charge is 2.44. The lowest BCUT2D eigenvalue weighted by atomic mass is 9.79. The lowest BCUT2D eigenvalue weighted by molar-refractivity contribution is -0.114. The number of hydrogen-bond donors (Lipinski definition) is 0. The molecule has 2 atom stereocenters. The number of rotatable bonds is 5. The van der Waals surface area contributed by atoms with E-state index in [0.717, 1.165) is 50.0 Å². The van der Waals surface area contributed by atoms with Gasteiger partial charge in [0.1, 0.15) is 5.76 Å². The minimum Gasteiger partial charge on any atom is -0.493 e. The number of carbonyl (C=O) groups excluding carboxylic acids is 2. The molecule has 0 saturated heterocycles. The van der Waals surface area contributed by atoms with E-state index in [2.05, 4.69) is 49.7 Å². The van der Waals surface area contributed by atoms with Crippen molar-refractivity contribution in [1.82, 2.24) is 0 Å². The molecule has 2 aliphatic heterocycles. The second-order valence-electron chi connectivity index (χ2n) is 12.0. The fourth-order valence-electron chi connectivity index (χ4n) is 7.08. The van der Waals surface area contributed by atoms with E-state index >= 15 is 0 Å². The summed E-state index contributed by atoms with van der Waals surface area (Å²) in [6.07, 6.45) is 0.416. The molecule has 6 nitrogen and oxygen atoms in total. The lowest BCUT2D eigenvalue weighted by Gasteiger charge is -2.46. The summed E-state index contributed by atoms with van der Waals surface area (Å²) in [7, 11) is 1.18. The Kier molecular flexibility index (Phi) is 6.00. The van der Waals surface area contributed by atoms with Gasteiger partial charge < -0.3 is 19.1 Å². The van der Waals surface area contributed by atoms with Crippen molar-refractivity contribution in [3.63, 3.8) is 0 Å². The average Bonchev–Trinajstić information content (AvgIpc) is 3.17. The van der Waals surface area contributed by atoms with Crippen LogP contribution in [0.4, 0.5) is 11.4 Å². The van der Waals surface area contributed by atoms with E-state index in [0.29, 0.717) is 29.2 Å². The maximum absolute atomic E-state index is 14.0. The average molecular weight is 554 g/mol. The molecular weight excluding hydrogens is 518 g/mol. The zero-order chi connectivity index (χ0) is 28.7. The molecule has 1 aliphatic carbocycles. The molecule has 3 aliphatic rings. The van der Waals surface area contributed by atoms with Gasteiger partial charge in [0.2, 0.25) is 0 Å². The first kappa shape index (κ1) is 26.4. The number of allylic oxidation sites excluding steroid dienone is 2. The van der Waals surface area contributed by atoms with Gasteiger partial charge in [0.15, 0.2) is 29.3 Å². The van der Waals surface area contributed by atoms with Crippen LogP contribution in [0.25, 0.3) is 11.1 Å². The van der Waals surface area contributed by atoms with Crippen LogP contribution in [0.2, 0.25) is 19.6 Å². The fraction of sp³-hybridized carbons (Fsp3) is 0.333. The summed E-state index contributed by atoms with van der Waals surface area (Å²) < 4.78 is 17.7. The van der Waals surface area contributed by atoms with Crippen molar-refractivity contribution in [1.29, 1.82) is 0 Å². The van der Waals surface area contributed by atoms with Gasteiger partial charge in [-0.1, -0.05) is 37.8 Å². The van der Waals surface area contributed by atoms with Crippen LogP contribution in [0.5, 0.6) is 11.5 Å². The lowest BCUT2D eigenvalue weighted by Crippen LogP contribution is -2.46. The van der Waals surface area contributed by atoms with Gasteiger partial charge >= 0.3 is 0 Å². The third-order valence-electron chi connectivity index (χ3n) is 8.57. The van der Waals surface area contributed by atoms with Gasteiger partial charge in [-0.3, -0.25) is 9.59 Å². The fourth-order valence-corrected chi connectivity index (χ4v) is 9.33. The van der Waals surface area contributed by atoms with Crippen molar-refractivity contribution in [2.24, 2.45) is 0 Å². The molecule has 7 heteroatoms. The number of anilines is 2. The Balaban J connectivity index is 1.64. The van der Waals surface area contributed by atoms with Gasteiger partial charge in [0.05, 0.1) is 22.3 Å². The summed E-state index contributed by atoms with van der Waals surface area (Å²) >= 11 is 0. The van der Waals surface area contributed by atoms with Crippen LogP contribution in [0.1, 0.15) is 53.2 Å². The highest BCUT2D eigenvalue weighted by Crippen LogP contribution is 2.52. The van der Waals surface area contributed by atoms with Gasteiger partial charge in [-0.2, -0.15) is 0 Å². The Morgan fingerprint density at radius 2 is 1.60 bits per heavy atom. The summed E-state index contributed by atoms with van der Waals surface area (Å²) in [4.78, 5) is 29.0. The molecule has 40 heavy (non-hydrogen) atoms. The molecule has 3 aromatic rings. The molecule has 0 fully saturated rings. The van der Waals surface area contributed by atoms with Crippen molar-refractivity contribution in [2.75, 3.05) is 19.1 Å². The number of hydrogen-bond acceptors (Lipinski definition) is 6. The van der Waals surface area contributed by atoms with Crippen LogP contribution in [-0.2, 0) is 9.53 Å². The smallest absolute Gasteiger partial charge is 0.194 e. The highest BCUT2D eigenvalue weighted by molar-refractivity contribution is 6.90. The van der Waals surface area contributed by atoms with E-state index in [4.69, 9.17) is 14.2 Å². The van der Waals surface area contributed by atoms with Gasteiger partial charge in [-0.05, 0) is 72.5 Å². The molecule has 0 amide bonds. The number of ketones is 2. The molecule has 0 saturated carbocycles. The number of methoxy groups -OCH3 is 2. The van der Waals surface area contributed by atoms with Crippen LogP contribution in [0.15, 0.2) is 53.8 Å². The number of ether oxygens (including phenoxy) is 3. The molecule has 3 aromatic carbocycles. The van der Waals surface area contributed by atoms with Crippen molar-refractivity contribution in [2.45, 2.75) is 59.0 Å². The molecule has 0 N–H and O–H groups in total. The maximum atomic E-state index is 14.0. The standard InChI is InChI=1S/C33H35NO5Si/c1-17-26(34-25-12-10-9-11-20(25)23-16-29(34)39-19(3)30(23)18(2)35)13-22-21-14-27(37-4)28(38-5)15-24(21)32(36)31(22)33(17)40(6,7)8/h9-15,23,29H,16H2,1-8H3. The van der Waals surface area contributed by atoms with E-state index < -0.39 is 8.07 Å². The van der Waals surface area contributed by atoms with Gasteiger partial charge in [0, 0.05) is 40.4 Å². The Hall–Kier alpha value is -3.84. The zero-order valence-electron chi connectivity index (χ0n) is 24.4. The molecule has 0 spiro atoms. The van der Waals surface area contributed by atoms with E-state index in [-0.39, 0.29) is 23.7 Å². The Bertz CT molecular complexity index is 1650. The number of nitrogens with zero attached hydrogens (tertiary/aromatic N) is 1. The minimum atomic E-state index is -2.02. The van der Waals surface area contributed by atoms with E-state index in [9.17, 15) is 9.59 Å². The molecular formula is C33H35NO5Si. The second-order valence-corrected chi connectivity index (χ2v) is 17.0. The minimum absolute atomic E-state index is 0.00563. The van der Waals surface area contributed by atoms with E-state index in [1.54, 1.807) is 21.1 Å². The van der Waals surface area contributed by atoms with Crippen LogP contribution >= 0.6 is 0 Å². The molecule has 2 heterocycles. The summed E-state index contributed by atoms with van der Waals surface area (Å²) in [6, 6.07) is 14.2. The molecule has 2 bridgehead atoms. The molecule has 0 aromatic heterocycles. The van der Waals surface area contributed by atoms with Crippen LogP contribution in [0.3, 0.4) is 0 Å². The second kappa shape index (κ2) is 9.09. The summed E-state index contributed by atoms with van der Waals surface area (Å²) in [5.74, 6) is 1.92. The monoisotopic (exact) mass is 553 g/mol. The Morgan fingerprint density at radius 3 is 2.23 bits per heavy atom. The first-order valence-corrected chi connectivity index (χ1v) is 17.2. The number of benzene rings is 3. The Morgan fingerprint density at radius 1 is 0.950 bits per heavy atom. The van der Waals surface area contributed by atoms with Crippen LogP contribution < -0.4 is 19.6 Å². The van der Waals surface area contributed by atoms with E-state index in [1.807, 2.05) is 31.2 Å². The SMILES string of the molecule is COc1cc2c(cc1OC)-c1cc(N3c4ccccc4C4CC3OC(C)=C4C(C)=O)c(C)c([Si](C)(C)C)c1C2=O. The predicted molar refractivity (Wildman–Crippen MR) is 160 cm³/mol. The summed E-state index contributed by atoms with van der Waals surface area (Å²) in [5.41, 5.74) is 8.29. The van der Waals surface area contributed by atoms with Gasteiger partial charge in [-0.25, -0.2) is 0 Å². The van der Waals surface area contributed by atoms with Crippen LogP contribution in [0, 0.1) is 6.92 Å². The maximum Gasteiger partial charge on any atom is 0.194 e. The number of para-hydroxylation sites is 1. The first-order chi connectivity index (χ1) is 19.0. The third kappa shape index (κ3) is 3.67. The zero-order valence-corrected chi connectivity index (χ0v) is 25.4. The van der Waals surface area contributed by atoms with Gasteiger partial charge in [0.25, 0.3) is 0 Å². The Labute approximate surface area is 236 Å². The quantitative estimate of drug-likeness (QED) is 0.259. The summed E-state index contributed by atoms with van der Waals surface area (Å²) in [6.45, 7) is 12.5. The molecule has 0 radical (unpaired) electrons. The van der Waals surface area contributed by atoms with Gasteiger partial charge in [-0.15, -0.1) is 0 Å². The molecule has 206 valence electrons. The molecule has 6 rings (SSSR count). The van der Waals surface area contributed by atoms with Crippen LogP contribution in [-0.4, -0.2) is 40.1 Å². The highest BCUT2D eigenvalue weighted by atomic mass is 28.3. The first-order valence-electron chi connectivity index (χ1n) is 13.7.